The van der Waals surface area contributed by atoms with Crippen LogP contribution in [0, 0.1) is 5.82 Å². The summed E-state index contributed by atoms with van der Waals surface area (Å²) in [6.07, 6.45) is 5.17. The van der Waals surface area contributed by atoms with Crippen LogP contribution in [0.2, 0.25) is 0 Å². The Morgan fingerprint density at radius 2 is 1.86 bits per heavy atom. The van der Waals surface area contributed by atoms with Crippen LogP contribution in [-0.4, -0.2) is 38.1 Å². The fourth-order valence-electron chi connectivity index (χ4n) is 2.87. The molecule has 0 unspecified atom stereocenters. The van der Waals surface area contributed by atoms with Crippen molar-refractivity contribution in [3.05, 3.63) is 35.6 Å². The summed E-state index contributed by atoms with van der Waals surface area (Å²) in [5, 5.41) is 0. The van der Waals surface area contributed by atoms with E-state index >= 15 is 0 Å². The molecular formula is C16H22FNO3S. The van der Waals surface area contributed by atoms with E-state index in [9.17, 15) is 17.6 Å². The molecule has 1 saturated carbocycles. The number of rotatable bonds is 5. The van der Waals surface area contributed by atoms with Crippen LogP contribution in [0.5, 0.6) is 0 Å². The summed E-state index contributed by atoms with van der Waals surface area (Å²) in [7, 11) is -2.01. The Morgan fingerprint density at radius 3 is 2.50 bits per heavy atom. The predicted octanol–water partition coefficient (Wildman–Crippen LogP) is 2.53. The highest BCUT2D eigenvalue weighted by Gasteiger charge is 2.26. The van der Waals surface area contributed by atoms with Gasteiger partial charge in [-0.05, 0) is 18.9 Å². The van der Waals surface area contributed by atoms with Crippen LogP contribution in [-0.2, 0) is 20.4 Å². The highest BCUT2D eigenvalue weighted by atomic mass is 32.2. The van der Waals surface area contributed by atoms with E-state index in [-0.39, 0.29) is 11.6 Å². The van der Waals surface area contributed by atoms with Crippen LogP contribution in [0.15, 0.2) is 24.3 Å². The zero-order chi connectivity index (χ0) is 16.2. The van der Waals surface area contributed by atoms with E-state index < -0.39 is 33.1 Å². The van der Waals surface area contributed by atoms with Gasteiger partial charge in [-0.2, -0.15) is 0 Å². The first-order valence-electron chi connectivity index (χ1n) is 7.58. The maximum atomic E-state index is 13.5. The Bertz CT molecular complexity index is 624. The smallest absolute Gasteiger partial charge is 0.237 e. The number of nitrogens with zero attached hydrogens (tertiary/aromatic N) is 1. The monoisotopic (exact) mass is 327 g/mol. The average Bonchev–Trinajstić information content (AvgIpc) is 2.49. The minimum Gasteiger partial charge on any atom is -0.342 e. The first kappa shape index (κ1) is 16.9. The van der Waals surface area contributed by atoms with Gasteiger partial charge < -0.3 is 4.90 Å². The minimum atomic E-state index is -3.67. The van der Waals surface area contributed by atoms with Gasteiger partial charge in [0, 0.05) is 18.7 Å². The van der Waals surface area contributed by atoms with E-state index in [4.69, 9.17) is 0 Å². The van der Waals surface area contributed by atoms with Gasteiger partial charge in [0.05, 0.1) is 5.75 Å². The zero-order valence-corrected chi connectivity index (χ0v) is 13.6. The molecule has 6 heteroatoms. The third-order valence-electron chi connectivity index (χ3n) is 4.19. The largest absolute Gasteiger partial charge is 0.342 e. The third-order valence-corrected chi connectivity index (χ3v) is 5.63. The lowest BCUT2D eigenvalue weighted by Crippen LogP contribution is -2.41. The number of carbonyl (C=O) groups excluding carboxylic acids is 1. The number of amides is 1. The SMILES string of the molecule is CN(C(=O)CS(=O)(=O)Cc1ccccc1F)C1CCCCC1. The van der Waals surface area contributed by atoms with Gasteiger partial charge in [-0.25, -0.2) is 12.8 Å². The lowest BCUT2D eigenvalue weighted by molar-refractivity contribution is -0.129. The van der Waals surface area contributed by atoms with Crippen molar-refractivity contribution in [3.63, 3.8) is 0 Å². The van der Waals surface area contributed by atoms with E-state index in [1.165, 1.54) is 24.6 Å². The molecule has 1 fully saturated rings. The van der Waals surface area contributed by atoms with Gasteiger partial charge in [0.1, 0.15) is 11.6 Å². The predicted molar refractivity (Wildman–Crippen MR) is 83.5 cm³/mol. The quantitative estimate of drug-likeness (QED) is 0.835. The molecule has 0 bridgehead atoms. The summed E-state index contributed by atoms with van der Waals surface area (Å²) < 4.78 is 37.8. The van der Waals surface area contributed by atoms with Gasteiger partial charge in [0.2, 0.25) is 5.91 Å². The van der Waals surface area contributed by atoms with E-state index in [1.54, 1.807) is 18.0 Å². The number of hydrogen-bond acceptors (Lipinski definition) is 3. The van der Waals surface area contributed by atoms with Crippen LogP contribution in [0.1, 0.15) is 37.7 Å². The van der Waals surface area contributed by atoms with Gasteiger partial charge in [-0.15, -0.1) is 0 Å². The summed E-state index contributed by atoms with van der Waals surface area (Å²) in [6, 6.07) is 5.88. The van der Waals surface area contributed by atoms with Crippen LogP contribution < -0.4 is 0 Å². The maximum Gasteiger partial charge on any atom is 0.237 e. The number of benzene rings is 1. The van der Waals surface area contributed by atoms with E-state index in [1.807, 2.05) is 0 Å². The summed E-state index contributed by atoms with van der Waals surface area (Å²) in [5.74, 6) is -1.96. The zero-order valence-electron chi connectivity index (χ0n) is 12.8. The normalized spacial score (nSPS) is 16.5. The number of sulfone groups is 1. The van der Waals surface area contributed by atoms with E-state index in [0.29, 0.717) is 0 Å². The van der Waals surface area contributed by atoms with Crippen LogP contribution in [0.25, 0.3) is 0 Å². The number of carbonyl (C=O) groups is 1. The molecule has 0 atom stereocenters. The fourth-order valence-corrected chi connectivity index (χ4v) is 4.26. The Labute approximate surface area is 131 Å². The molecule has 1 aromatic carbocycles. The molecule has 1 amide bonds. The number of hydrogen-bond donors (Lipinski definition) is 0. The van der Waals surface area contributed by atoms with Crippen LogP contribution >= 0.6 is 0 Å². The molecule has 1 aromatic rings. The standard InChI is InChI=1S/C16H22FNO3S/c1-18(14-8-3-2-4-9-14)16(19)12-22(20,21)11-13-7-5-6-10-15(13)17/h5-7,10,14H,2-4,8-9,11-12H2,1H3. The van der Waals surface area contributed by atoms with Gasteiger partial charge in [-0.1, -0.05) is 37.5 Å². The molecule has 2 rings (SSSR count). The molecule has 1 aliphatic carbocycles. The molecule has 0 heterocycles. The second-order valence-corrected chi connectivity index (χ2v) is 7.98. The molecule has 0 saturated heterocycles. The summed E-state index contributed by atoms with van der Waals surface area (Å²) in [6.45, 7) is 0. The molecule has 0 spiro atoms. The molecule has 0 N–H and O–H groups in total. The van der Waals surface area contributed by atoms with Gasteiger partial charge in [0.15, 0.2) is 9.84 Å². The first-order valence-corrected chi connectivity index (χ1v) is 9.41. The molecule has 0 aliphatic heterocycles. The number of halogens is 1. The molecule has 0 aromatic heterocycles. The highest BCUT2D eigenvalue weighted by molar-refractivity contribution is 7.91. The minimum absolute atomic E-state index is 0.107. The van der Waals surface area contributed by atoms with E-state index in [2.05, 4.69) is 0 Å². The van der Waals surface area contributed by atoms with Crippen molar-refractivity contribution in [2.75, 3.05) is 12.8 Å². The van der Waals surface area contributed by atoms with Gasteiger partial charge >= 0.3 is 0 Å². The van der Waals surface area contributed by atoms with Gasteiger partial charge in [-0.3, -0.25) is 4.79 Å². The fraction of sp³-hybridized carbons (Fsp3) is 0.562. The molecule has 0 radical (unpaired) electrons. The topological polar surface area (TPSA) is 54.5 Å². The highest BCUT2D eigenvalue weighted by Crippen LogP contribution is 2.22. The summed E-state index contributed by atoms with van der Waals surface area (Å²) >= 11 is 0. The summed E-state index contributed by atoms with van der Waals surface area (Å²) in [4.78, 5) is 13.7. The second kappa shape index (κ2) is 7.22. The Morgan fingerprint density at radius 1 is 1.23 bits per heavy atom. The molecular weight excluding hydrogens is 305 g/mol. The van der Waals surface area contributed by atoms with Crippen LogP contribution in [0.4, 0.5) is 4.39 Å². The second-order valence-electron chi connectivity index (χ2n) is 5.92. The Hall–Kier alpha value is -1.43. The summed E-state index contributed by atoms with van der Waals surface area (Å²) in [5.41, 5.74) is 0.107. The van der Waals surface area contributed by atoms with Crippen molar-refractivity contribution in [1.29, 1.82) is 0 Å². The first-order chi connectivity index (χ1) is 10.4. The van der Waals surface area contributed by atoms with Crippen molar-refractivity contribution in [1.82, 2.24) is 4.90 Å². The lowest BCUT2D eigenvalue weighted by atomic mass is 9.94. The Kier molecular flexibility index (Phi) is 5.56. The van der Waals surface area contributed by atoms with Crippen molar-refractivity contribution < 1.29 is 17.6 Å². The van der Waals surface area contributed by atoms with Crippen molar-refractivity contribution >= 4 is 15.7 Å². The van der Waals surface area contributed by atoms with E-state index in [0.717, 1.165) is 25.7 Å². The van der Waals surface area contributed by atoms with Crippen molar-refractivity contribution in [2.24, 2.45) is 0 Å². The maximum absolute atomic E-state index is 13.5. The van der Waals surface area contributed by atoms with Crippen molar-refractivity contribution in [3.8, 4) is 0 Å². The van der Waals surface area contributed by atoms with Crippen molar-refractivity contribution in [2.45, 2.75) is 43.9 Å². The lowest BCUT2D eigenvalue weighted by Gasteiger charge is -2.31. The molecule has 22 heavy (non-hydrogen) atoms. The molecule has 1 aliphatic rings. The Balaban J connectivity index is 1.98. The van der Waals surface area contributed by atoms with Gasteiger partial charge in [0.25, 0.3) is 0 Å². The average molecular weight is 327 g/mol. The molecule has 122 valence electrons. The van der Waals surface area contributed by atoms with Crippen LogP contribution in [0.3, 0.4) is 0 Å². The molecule has 4 nitrogen and oxygen atoms in total. The third kappa shape index (κ3) is 4.53.